The van der Waals surface area contributed by atoms with E-state index in [0.717, 1.165) is 24.4 Å². The summed E-state index contributed by atoms with van der Waals surface area (Å²) in [6.07, 6.45) is 0.0879. The van der Waals surface area contributed by atoms with Gasteiger partial charge in [0.15, 0.2) is 0 Å². The van der Waals surface area contributed by atoms with Crippen LogP contribution in [-0.2, 0) is 4.74 Å². The number of morpholine rings is 1. The van der Waals surface area contributed by atoms with Crippen LogP contribution in [0.2, 0.25) is 0 Å². The molecule has 1 aliphatic heterocycles. The third-order valence-electron chi connectivity index (χ3n) is 3.16. The molecular weight excluding hydrogens is 230 g/mol. The van der Waals surface area contributed by atoms with Crippen molar-refractivity contribution in [2.75, 3.05) is 39.5 Å². The van der Waals surface area contributed by atoms with E-state index < -0.39 is 0 Å². The fourth-order valence-corrected chi connectivity index (χ4v) is 2.13. The minimum absolute atomic E-state index is 0.0879. The summed E-state index contributed by atoms with van der Waals surface area (Å²) in [6, 6.07) is 7.99. The first kappa shape index (κ1) is 13.3. The highest BCUT2D eigenvalue weighted by molar-refractivity contribution is 5.31. The van der Waals surface area contributed by atoms with Crippen molar-refractivity contribution in [2.24, 2.45) is 0 Å². The van der Waals surface area contributed by atoms with Gasteiger partial charge in [-0.15, -0.1) is 0 Å². The highest BCUT2D eigenvalue weighted by atomic mass is 16.5. The molecule has 1 aromatic carbocycles. The Balaban J connectivity index is 1.81. The van der Waals surface area contributed by atoms with Gasteiger partial charge in [-0.25, -0.2) is 0 Å². The Bertz CT molecular complexity index is 368. The van der Waals surface area contributed by atoms with Crippen LogP contribution in [0, 0.1) is 6.92 Å². The molecule has 0 aliphatic carbocycles. The second-order valence-corrected chi connectivity index (χ2v) is 4.59. The SMILES string of the molecule is Cc1ccccc1OCC1CN(CCO)CCO1. The molecule has 0 saturated carbocycles. The van der Waals surface area contributed by atoms with Crippen molar-refractivity contribution in [1.29, 1.82) is 0 Å². The first-order chi connectivity index (χ1) is 8.79. The number of β-amino-alcohol motifs (C(OH)–C–C–N with tert-alkyl or cyclic N) is 1. The van der Waals surface area contributed by atoms with Crippen molar-refractivity contribution < 1.29 is 14.6 Å². The van der Waals surface area contributed by atoms with Crippen molar-refractivity contribution in [1.82, 2.24) is 4.90 Å². The van der Waals surface area contributed by atoms with Crippen molar-refractivity contribution >= 4 is 0 Å². The number of rotatable bonds is 5. The summed E-state index contributed by atoms with van der Waals surface area (Å²) in [4.78, 5) is 2.20. The average Bonchev–Trinajstić information content (AvgIpc) is 2.39. The van der Waals surface area contributed by atoms with E-state index in [-0.39, 0.29) is 12.7 Å². The van der Waals surface area contributed by atoms with Gasteiger partial charge in [-0.3, -0.25) is 4.90 Å². The second kappa shape index (κ2) is 6.73. The first-order valence-electron chi connectivity index (χ1n) is 6.43. The Kier molecular flexibility index (Phi) is 4.99. The van der Waals surface area contributed by atoms with E-state index in [1.807, 2.05) is 31.2 Å². The highest BCUT2D eigenvalue weighted by Gasteiger charge is 2.20. The Morgan fingerprint density at radius 1 is 1.44 bits per heavy atom. The maximum Gasteiger partial charge on any atom is 0.122 e. The topological polar surface area (TPSA) is 41.9 Å². The first-order valence-corrected chi connectivity index (χ1v) is 6.43. The molecule has 18 heavy (non-hydrogen) atoms. The molecule has 1 N–H and O–H groups in total. The monoisotopic (exact) mass is 251 g/mol. The van der Waals surface area contributed by atoms with Gasteiger partial charge in [-0.05, 0) is 18.6 Å². The lowest BCUT2D eigenvalue weighted by atomic mass is 10.2. The minimum Gasteiger partial charge on any atom is -0.491 e. The van der Waals surface area contributed by atoms with Gasteiger partial charge < -0.3 is 14.6 Å². The van der Waals surface area contributed by atoms with E-state index in [2.05, 4.69) is 4.90 Å². The molecule has 1 heterocycles. The fraction of sp³-hybridized carbons (Fsp3) is 0.571. The number of hydrogen-bond acceptors (Lipinski definition) is 4. The van der Waals surface area contributed by atoms with Gasteiger partial charge in [-0.1, -0.05) is 18.2 Å². The number of ether oxygens (including phenoxy) is 2. The molecule has 1 aliphatic rings. The lowest BCUT2D eigenvalue weighted by Gasteiger charge is -2.32. The molecule has 4 nitrogen and oxygen atoms in total. The summed E-state index contributed by atoms with van der Waals surface area (Å²) in [5.41, 5.74) is 1.14. The van der Waals surface area contributed by atoms with Crippen molar-refractivity contribution in [2.45, 2.75) is 13.0 Å². The molecule has 0 spiro atoms. The molecular formula is C14H21NO3. The third-order valence-corrected chi connectivity index (χ3v) is 3.16. The summed E-state index contributed by atoms with van der Waals surface area (Å²) in [6.45, 7) is 5.94. The Hall–Kier alpha value is -1.10. The molecule has 0 radical (unpaired) electrons. The van der Waals surface area contributed by atoms with Crippen LogP contribution in [-0.4, -0.2) is 55.6 Å². The molecule has 1 atom stereocenters. The molecule has 2 rings (SSSR count). The van der Waals surface area contributed by atoms with Gasteiger partial charge in [-0.2, -0.15) is 0 Å². The number of aryl methyl sites for hydroxylation is 1. The van der Waals surface area contributed by atoms with Gasteiger partial charge in [0.25, 0.3) is 0 Å². The molecule has 0 bridgehead atoms. The fourth-order valence-electron chi connectivity index (χ4n) is 2.13. The Morgan fingerprint density at radius 2 is 2.28 bits per heavy atom. The molecule has 1 fully saturated rings. The van der Waals surface area contributed by atoms with Gasteiger partial charge in [0.05, 0.1) is 13.2 Å². The lowest BCUT2D eigenvalue weighted by molar-refractivity contribution is -0.0509. The predicted octanol–water partition coefficient (Wildman–Crippen LogP) is 1.07. The van der Waals surface area contributed by atoms with Crippen LogP contribution in [0.25, 0.3) is 0 Å². The maximum absolute atomic E-state index is 8.94. The van der Waals surface area contributed by atoms with Gasteiger partial charge in [0.2, 0.25) is 0 Å². The van der Waals surface area contributed by atoms with Crippen LogP contribution < -0.4 is 4.74 Å². The Labute approximate surface area is 108 Å². The zero-order chi connectivity index (χ0) is 12.8. The van der Waals surface area contributed by atoms with E-state index >= 15 is 0 Å². The summed E-state index contributed by atoms with van der Waals surface area (Å²) >= 11 is 0. The summed E-state index contributed by atoms with van der Waals surface area (Å²) in [5.74, 6) is 0.917. The number of aliphatic hydroxyl groups excluding tert-OH is 1. The predicted molar refractivity (Wildman–Crippen MR) is 69.9 cm³/mol. The van der Waals surface area contributed by atoms with Crippen LogP contribution in [0.1, 0.15) is 5.56 Å². The molecule has 0 amide bonds. The normalized spacial score (nSPS) is 20.9. The molecule has 1 saturated heterocycles. The van der Waals surface area contributed by atoms with Crippen LogP contribution in [0.5, 0.6) is 5.75 Å². The molecule has 0 aromatic heterocycles. The molecule has 4 heteroatoms. The zero-order valence-corrected chi connectivity index (χ0v) is 10.8. The Morgan fingerprint density at radius 3 is 3.06 bits per heavy atom. The van der Waals surface area contributed by atoms with Crippen LogP contribution in [0.15, 0.2) is 24.3 Å². The summed E-state index contributed by atoms with van der Waals surface area (Å²) in [7, 11) is 0. The maximum atomic E-state index is 8.94. The quantitative estimate of drug-likeness (QED) is 0.850. The summed E-state index contributed by atoms with van der Waals surface area (Å²) in [5, 5.41) is 8.94. The third kappa shape index (κ3) is 3.70. The smallest absolute Gasteiger partial charge is 0.122 e. The van der Waals surface area contributed by atoms with E-state index in [0.29, 0.717) is 19.8 Å². The van der Waals surface area contributed by atoms with Gasteiger partial charge >= 0.3 is 0 Å². The van der Waals surface area contributed by atoms with E-state index in [1.54, 1.807) is 0 Å². The molecule has 1 aromatic rings. The second-order valence-electron chi connectivity index (χ2n) is 4.59. The average molecular weight is 251 g/mol. The van der Waals surface area contributed by atoms with E-state index in [1.165, 1.54) is 0 Å². The number of para-hydroxylation sites is 1. The van der Waals surface area contributed by atoms with E-state index in [9.17, 15) is 0 Å². The lowest BCUT2D eigenvalue weighted by Crippen LogP contribution is -2.45. The van der Waals surface area contributed by atoms with Crippen LogP contribution in [0.4, 0.5) is 0 Å². The number of aliphatic hydroxyl groups is 1. The largest absolute Gasteiger partial charge is 0.491 e. The minimum atomic E-state index is 0.0879. The van der Waals surface area contributed by atoms with Crippen LogP contribution >= 0.6 is 0 Å². The molecule has 100 valence electrons. The molecule has 1 unspecified atom stereocenters. The van der Waals surface area contributed by atoms with Crippen LogP contribution in [0.3, 0.4) is 0 Å². The highest BCUT2D eigenvalue weighted by Crippen LogP contribution is 2.17. The van der Waals surface area contributed by atoms with E-state index in [4.69, 9.17) is 14.6 Å². The van der Waals surface area contributed by atoms with Crippen molar-refractivity contribution in [3.8, 4) is 5.75 Å². The van der Waals surface area contributed by atoms with Crippen molar-refractivity contribution in [3.05, 3.63) is 29.8 Å². The number of hydrogen-bond donors (Lipinski definition) is 1. The van der Waals surface area contributed by atoms with Crippen molar-refractivity contribution in [3.63, 3.8) is 0 Å². The summed E-state index contributed by atoms with van der Waals surface area (Å²) < 4.78 is 11.5. The number of benzene rings is 1. The number of nitrogens with zero attached hydrogens (tertiary/aromatic N) is 1. The van der Waals surface area contributed by atoms with Gasteiger partial charge in [0, 0.05) is 19.6 Å². The standard InChI is InChI=1S/C14H21NO3/c1-12-4-2-3-5-14(12)18-11-13-10-15(6-8-16)7-9-17-13/h2-5,13,16H,6-11H2,1H3. The van der Waals surface area contributed by atoms with Gasteiger partial charge in [0.1, 0.15) is 18.5 Å². The zero-order valence-electron chi connectivity index (χ0n) is 10.8.